The Balaban J connectivity index is 2.86. The van der Waals surface area contributed by atoms with Crippen LogP contribution in [-0.4, -0.2) is 31.6 Å². The van der Waals surface area contributed by atoms with Crippen LogP contribution in [0.1, 0.15) is 30.6 Å². The molecule has 0 aromatic heterocycles. The fourth-order valence-corrected chi connectivity index (χ4v) is 1.67. The number of hydrogen-bond donors (Lipinski definition) is 3. The van der Waals surface area contributed by atoms with Crippen molar-refractivity contribution in [3.63, 3.8) is 0 Å². The number of nitrogen functional groups attached to an aromatic ring is 1. The highest BCUT2D eigenvalue weighted by molar-refractivity contribution is 5.97. The average molecular weight is 279 g/mol. The number of carbonyl (C=O) groups is 2. The molecule has 0 aliphatic carbocycles. The van der Waals surface area contributed by atoms with E-state index in [0.717, 1.165) is 6.42 Å². The number of esters is 1. The molecule has 110 valence electrons. The predicted molar refractivity (Wildman–Crippen MR) is 78.6 cm³/mol. The number of hydrogen-bond acceptors (Lipinski definition) is 5. The Morgan fingerprint density at radius 2 is 2.10 bits per heavy atom. The van der Waals surface area contributed by atoms with Crippen LogP contribution < -0.4 is 16.4 Å². The van der Waals surface area contributed by atoms with Crippen LogP contribution in [0.5, 0.6) is 0 Å². The molecular formula is C14H21N3O3. The molecule has 0 saturated carbocycles. The summed E-state index contributed by atoms with van der Waals surface area (Å²) in [6.45, 7) is 4.33. The monoisotopic (exact) mass is 279 g/mol. The molecule has 20 heavy (non-hydrogen) atoms. The van der Waals surface area contributed by atoms with E-state index in [0.29, 0.717) is 23.5 Å². The summed E-state index contributed by atoms with van der Waals surface area (Å²) in [5.74, 6) is -0.625. The van der Waals surface area contributed by atoms with E-state index in [-0.39, 0.29) is 5.91 Å². The highest BCUT2D eigenvalue weighted by atomic mass is 16.5. The lowest BCUT2D eigenvalue weighted by atomic mass is 10.1. The maximum Gasteiger partial charge on any atom is 0.340 e. The van der Waals surface area contributed by atoms with Gasteiger partial charge < -0.3 is 21.1 Å². The number of nitrogens with two attached hydrogens (primary N) is 1. The summed E-state index contributed by atoms with van der Waals surface area (Å²) in [4.78, 5) is 23.5. The van der Waals surface area contributed by atoms with E-state index in [1.807, 2.05) is 6.92 Å². The molecule has 0 heterocycles. The van der Waals surface area contributed by atoms with Crippen molar-refractivity contribution >= 4 is 23.3 Å². The van der Waals surface area contributed by atoms with E-state index in [1.165, 1.54) is 13.2 Å². The lowest BCUT2D eigenvalue weighted by Crippen LogP contribution is -2.38. The summed E-state index contributed by atoms with van der Waals surface area (Å²) >= 11 is 0. The number of nitrogens with one attached hydrogen (secondary N) is 2. The maximum atomic E-state index is 11.8. The number of amides is 1. The van der Waals surface area contributed by atoms with Crippen molar-refractivity contribution in [2.24, 2.45) is 0 Å². The Kier molecular flexibility index (Phi) is 5.83. The molecule has 0 saturated heterocycles. The normalized spacial score (nSPS) is 11.6. The van der Waals surface area contributed by atoms with Crippen LogP contribution >= 0.6 is 0 Å². The molecule has 1 atom stereocenters. The van der Waals surface area contributed by atoms with Crippen LogP contribution in [0.15, 0.2) is 18.2 Å². The Morgan fingerprint density at radius 1 is 1.40 bits per heavy atom. The zero-order valence-electron chi connectivity index (χ0n) is 12.0. The molecule has 6 heteroatoms. The van der Waals surface area contributed by atoms with Crippen LogP contribution in [0.25, 0.3) is 0 Å². The minimum Gasteiger partial charge on any atom is -0.465 e. The van der Waals surface area contributed by atoms with E-state index in [4.69, 9.17) is 10.5 Å². The van der Waals surface area contributed by atoms with Gasteiger partial charge in [-0.2, -0.15) is 0 Å². The molecule has 0 aliphatic rings. The molecule has 4 N–H and O–H groups in total. The number of benzene rings is 1. The van der Waals surface area contributed by atoms with Crippen LogP contribution in [0, 0.1) is 0 Å². The Morgan fingerprint density at radius 3 is 2.70 bits per heavy atom. The van der Waals surface area contributed by atoms with Crippen molar-refractivity contribution in [2.75, 3.05) is 24.7 Å². The summed E-state index contributed by atoms with van der Waals surface area (Å²) in [6.07, 6.45) is 0.869. The Bertz CT molecular complexity index is 489. The maximum absolute atomic E-state index is 11.8. The average Bonchev–Trinajstić information content (AvgIpc) is 2.45. The Labute approximate surface area is 118 Å². The van der Waals surface area contributed by atoms with E-state index in [9.17, 15) is 9.59 Å². The first kappa shape index (κ1) is 15.8. The summed E-state index contributed by atoms with van der Waals surface area (Å²) in [5.41, 5.74) is 6.95. The van der Waals surface area contributed by atoms with Crippen LogP contribution in [0.2, 0.25) is 0 Å². The van der Waals surface area contributed by atoms with Gasteiger partial charge in [-0.05, 0) is 31.5 Å². The van der Waals surface area contributed by atoms with Gasteiger partial charge in [0, 0.05) is 17.9 Å². The highest BCUT2D eigenvalue weighted by Gasteiger charge is 2.17. The van der Waals surface area contributed by atoms with Gasteiger partial charge in [0.2, 0.25) is 5.91 Å². The van der Waals surface area contributed by atoms with Crippen molar-refractivity contribution < 1.29 is 14.3 Å². The molecule has 0 fully saturated rings. The number of carbonyl (C=O) groups excluding carboxylic acids is 2. The van der Waals surface area contributed by atoms with Crippen LogP contribution in [0.4, 0.5) is 11.4 Å². The summed E-state index contributed by atoms with van der Waals surface area (Å²) in [6, 6.07) is 4.37. The largest absolute Gasteiger partial charge is 0.465 e. The van der Waals surface area contributed by atoms with Gasteiger partial charge in [0.25, 0.3) is 0 Å². The fourth-order valence-electron chi connectivity index (χ4n) is 1.67. The van der Waals surface area contributed by atoms with Gasteiger partial charge in [-0.25, -0.2) is 4.79 Å². The standard InChI is InChI=1S/C14H21N3O3/c1-4-7-16-13(18)9(2)17-12-6-5-10(15)8-11(12)14(19)20-3/h5-6,8-9,17H,4,7,15H2,1-3H3,(H,16,18). The SMILES string of the molecule is CCCNC(=O)C(C)Nc1ccc(N)cc1C(=O)OC. The van der Waals surface area contributed by atoms with E-state index >= 15 is 0 Å². The third-order valence-electron chi connectivity index (χ3n) is 2.76. The summed E-state index contributed by atoms with van der Waals surface area (Å²) in [7, 11) is 1.30. The second kappa shape index (κ2) is 7.37. The van der Waals surface area contributed by atoms with Gasteiger partial charge in [0.1, 0.15) is 6.04 Å². The van der Waals surface area contributed by atoms with Gasteiger partial charge in [0.05, 0.1) is 12.7 Å². The van der Waals surface area contributed by atoms with Gasteiger partial charge in [-0.3, -0.25) is 4.79 Å². The highest BCUT2D eigenvalue weighted by Crippen LogP contribution is 2.20. The van der Waals surface area contributed by atoms with Crippen molar-refractivity contribution in [3.05, 3.63) is 23.8 Å². The third-order valence-corrected chi connectivity index (χ3v) is 2.76. The zero-order chi connectivity index (χ0) is 15.1. The molecule has 0 bridgehead atoms. The predicted octanol–water partition coefficient (Wildman–Crippen LogP) is 1.38. The molecular weight excluding hydrogens is 258 g/mol. The molecule has 0 radical (unpaired) electrons. The molecule has 6 nitrogen and oxygen atoms in total. The minimum absolute atomic E-state index is 0.125. The number of anilines is 2. The van der Waals surface area contributed by atoms with Crippen LogP contribution in [0.3, 0.4) is 0 Å². The smallest absolute Gasteiger partial charge is 0.340 e. The molecule has 0 aliphatic heterocycles. The van der Waals surface area contributed by atoms with Gasteiger partial charge in [-0.1, -0.05) is 6.92 Å². The van der Waals surface area contributed by atoms with Crippen molar-refractivity contribution in [2.45, 2.75) is 26.3 Å². The second-order valence-corrected chi connectivity index (χ2v) is 4.45. The van der Waals surface area contributed by atoms with Crippen molar-refractivity contribution in [3.8, 4) is 0 Å². The van der Waals surface area contributed by atoms with Gasteiger partial charge in [0.15, 0.2) is 0 Å². The molecule has 1 aromatic rings. The number of rotatable bonds is 6. The first-order valence-electron chi connectivity index (χ1n) is 6.51. The van der Waals surface area contributed by atoms with Crippen molar-refractivity contribution in [1.82, 2.24) is 5.32 Å². The lowest BCUT2D eigenvalue weighted by molar-refractivity contribution is -0.121. The topological polar surface area (TPSA) is 93.5 Å². The fraction of sp³-hybridized carbons (Fsp3) is 0.429. The van der Waals surface area contributed by atoms with E-state index in [2.05, 4.69) is 10.6 Å². The molecule has 1 aromatic carbocycles. The molecule has 1 amide bonds. The van der Waals surface area contributed by atoms with Crippen molar-refractivity contribution in [1.29, 1.82) is 0 Å². The quantitative estimate of drug-likeness (QED) is 0.540. The Hall–Kier alpha value is -2.24. The molecule has 1 unspecified atom stereocenters. The third kappa shape index (κ3) is 4.15. The van der Waals surface area contributed by atoms with Gasteiger partial charge >= 0.3 is 5.97 Å². The zero-order valence-corrected chi connectivity index (χ0v) is 12.0. The van der Waals surface area contributed by atoms with Crippen LogP contribution in [-0.2, 0) is 9.53 Å². The van der Waals surface area contributed by atoms with E-state index in [1.54, 1.807) is 19.1 Å². The molecule has 1 rings (SSSR count). The summed E-state index contributed by atoms with van der Waals surface area (Å²) in [5, 5.41) is 5.78. The summed E-state index contributed by atoms with van der Waals surface area (Å²) < 4.78 is 4.70. The number of ether oxygens (including phenoxy) is 1. The lowest BCUT2D eigenvalue weighted by Gasteiger charge is -2.17. The number of methoxy groups -OCH3 is 1. The van der Waals surface area contributed by atoms with Gasteiger partial charge in [-0.15, -0.1) is 0 Å². The second-order valence-electron chi connectivity index (χ2n) is 4.45. The first-order chi connectivity index (χ1) is 9.49. The molecule has 0 spiro atoms. The van der Waals surface area contributed by atoms with E-state index < -0.39 is 12.0 Å². The first-order valence-corrected chi connectivity index (χ1v) is 6.51. The minimum atomic E-state index is -0.499.